The Hall–Kier alpha value is -0.340. The van der Waals surface area contributed by atoms with Crippen molar-refractivity contribution >= 4 is 0 Å². The highest BCUT2D eigenvalue weighted by Gasteiger charge is 2.25. The van der Waals surface area contributed by atoms with Crippen LogP contribution in [0.2, 0.25) is 0 Å². The normalized spacial score (nSPS) is 19.2. The summed E-state index contributed by atoms with van der Waals surface area (Å²) in [5.74, 6) is 0. The van der Waals surface area contributed by atoms with Gasteiger partial charge in [0.15, 0.2) is 0 Å². The van der Waals surface area contributed by atoms with Crippen molar-refractivity contribution in [1.82, 2.24) is 5.32 Å². The Bertz CT molecular complexity index is 258. The number of hydrogen-bond acceptors (Lipinski definition) is 2. The van der Waals surface area contributed by atoms with Gasteiger partial charge in [-0.1, -0.05) is 25.0 Å². The van der Waals surface area contributed by atoms with Crippen LogP contribution in [0.1, 0.15) is 65.7 Å². The molecule has 1 rings (SSSR count). The molecular weight excluding hydrogens is 222 g/mol. The average Bonchev–Trinajstić information content (AvgIpc) is 2.63. The third kappa shape index (κ3) is 5.53. The fraction of sp³-hybridized carbons (Fsp3) is 0.875. The SMILES string of the molecule is CCCNC(CC(C)(C)OC)C1=CCCCCC1. The van der Waals surface area contributed by atoms with Crippen molar-refractivity contribution in [2.75, 3.05) is 13.7 Å². The Balaban J connectivity index is 2.66. The molecule has 1 unspecified atom stereocenters. The molecule has 0 saturated heterocycles. The lowest BCUT2D eigenvalue weighted by Gasteiger charge is -2.31. The molecule has 0 spiro atoms. The molecule has 2 nitrogen and oxygen atoms in total. The van der Waals surface area contributed by atoms with Gasteiger partial charge >= 0.3 is 0 Å². The van der Waals surface area contributed by atoms with E-state index >= 15 is 0 Å². The van der Waals surface area contributed by atoms with Gasteiger partial charge in [-0.2, -0.15) is 0 Å². The smallest absolute Gasteiger partial charge is 0.0640 e. The van der Waals surface area contributed by atoms with Gasteiger partial charge in [0.1, 0.15) is 0 Å². The van der Waals surface area contributed by atoms with Crippen LogP contribution in [0, 0.1) is 0 Å². The molecule has 0 bridgehead atoms. The van der Waals surface area contributed by atoms with E-state index in [1.807, 2.05) is 7.11 Å². The zero-order valence-electron chi connectivity index (χ0n) is 12.7. The van der Waals surface area contributed by atoms with Gasteiger partial charge in [-0.3, -0.25) is 0 Å². The third-order valence-electron chi connectivity index (χ3n) is 3.91. The molecule has 106 valence electrons. The number of allylic oxidation sites excluding steroid dienone is 1. The van der Waals surface area contributed by atoms with Crippen molar-refractivity contribution < 1.29 is 4.74 Å². The number of rotatable bonds is 7. The topological polar surface area (TPSA) is 21.3 Å². The molecule has 18 heavy (non-hydrogen) atoms. The Labute approximate surface area is 113 Å². The Morgan fingerprint density at radius 1 is 1.33 bits per heavy atom. The molecule has 1 atom stereocenters. The maximum absolute atomic E-state index is 5.60. The zero-order chi connectivity index (χ0) is 13.4. The summed E-state index contributed by atoms with van der Waals surface area (Å²) in [5.41, 5.74) is 1.57. The van der Waals surface area contributed by atoms with Gasteiger partial charge in [-0.15, -0.1) is 0 Å². The molecule has 0 heterocycles. The number of methoxy groups -OCH3 is 1. The van der Waals surface area contributed by atoms with Crippen LogP contribution in [-0.4, -0.2) is 25.3 Å². The molecule has 2 heteroatoms. The summed E-state index contributed by atoms with van der Waals surface area (Å²) in [6.07, 6.45) is 11.3. The first-order valence-electron chi connectivity index (χ1n) is 7.56. The molecule has 1 aliphatic rings. The Kier molecular flexibility index (Phi) is 6.95. The minimum Gasteiger partial charge on any atom is -0.379 e. The summed E-state index contributed by atoms with van der Waals surface area (Å²) >= 11 is 0. The number of hydrogen-bond donors (Lipinski definition) is 1. The second kappa shape index (κ2) is 7.96. The summed E-state index contributed by atoms with van der Waals surface area (Å²) < 4.78 is 5.60. The zero-order valence-corrected chi connectivity index (χ0v) is 12.7. The first-order valence-corrected chi connectivity index (χ1v) is 7.56. The van der Waals surface area contributed by atoms with Crippen LogP contribution < -0.4 is 5.32 Å². The van der Waals surface area contributed by atoms with E-state index in [1.165, 1.54) is 38.5 Å². The lowest BCUT2D eigenvalue weighted by atomic mass is 9.91. The van der Waals surface area contributed by atoms with E-state index in [0.29, 0.717) is 6.04 Å². The highest BCUT2D eigenvalue weighted by Crippen LogP contribution is 2.26. The van der Waals surface area contributed by atoms with Crippen molar-refractivity contribution in [3.05, 3.63) is 11.6 Å². The summed E-state index contributed by atoms with van der Waals surface area (Å²) in [6, 6.07) is 0.498. The van der Waals surface area contributed by atoms with E-state index in [0.717, 1.165) is 13.0 Å². The van der Waals surface area contributed by atoms with E-state index in [-0.39, 0.29) is 5.60 Å². The van der Waals surface area contributed by atoms with E-state index in [2.05, 4.69) is 32.2 Å². The molecule has 0 amide bonds. The molecule has 0 aromatic rings. The maximum Gasteiger partial charge on any atom is 0.0640 e. The second-order valence-corrected chi connectivity index (χ2v) is 6.05. The van der Waals surface area contributed by atoms with Gasteiger partial charge in [0, 0.05) is 13.2 Å². The van der Waals surface area contributed by atoms with Gasteiger partial charge in [-0.05, 0) is 58.9 Å². The van der Waals surface area contributed by atoms with Crippen LogP contribution in [0.25, 0.3) is 0 Å². The van der Waals surface area contributed by atoms with Crippen molar-refractivity contribution in [2.45, 2.75) is 77.4 Å². The molecule has 0 aliphatic heterocycles. The van der Waals surface area contributed by atoms with Crippen molar-refractivity contribution in [3.8, 4) is 0 Å². The predicted molar refractivity (Wildman–Crippen MR) is 79.0 cm³/mol. The van der Waals surface area contributed by atoms with Crippen LogP contribution in [0.3, 0.4) is 0 Å². The van der Waals surface area contributed by atoms with Crippen LogP contribution in [-0.2, 0) is 4.74 Å². The minimum atomic E-state index is -0.0431. The highest BCUT2D eigenvalue weighted by atomic mass is 16.5. The summed E-state index contributed by atoms with van der Waals surface area (Å²) in [6.45, 7) is 7.70. The van der Waals surface area contributed by atoms with E-state index in [9.17, 15) is 0 Å². The summed E-state index contributed by atoms with van der Waals surface area (Å²) in [7, 11) is 1.82. The van der Waals surface area contributed by atoms with E-state index in [4.69, 9.17) is 4.74 Å². The summed E-state index contributed by atoms with van der Waals surface area (Å²) in [5, 5.41) is 3.71. The number of nitrogens with one attached hydrogen (secondary N) is 1. The van der Waals surface area contributed by atoms with Crippen LogP contribution >= 0.6 is 0 Å². The molecular formula is C16H31NO. The Morgan fingerprint density at radius 3 is 2.78 bits per heavy atom. The van der Waals surface area contributed by atoms with Crippen molar-refractivity contribution in [3.63, 3.8) is 0 Å². The molecule has 0 aromatic carbocycles. The largest absolute Gasteiger partial charge is 0.379 e. The molecule has 1 aliphatic carbocycles. The third-order valence-corrected chi connectivity index (χ3v) is 3.91. The predicted octanol–water partition coefficient (Wildman–Crippen LogP) is 4.06. The maximum atomic E-state index is 5.60. The van der Waals surface area contributed by atoms with Crippen LogP contribution in [0.4, 0.5) is 0 Å². The lowest BCUT2D eigenvalue weighted by Crippen LogP contribution is -2.39. The second-order valence-electron chi connectivity index (χ2n) is 6.05. The first kappa shape index (κ1) is 15.7. The van der Waals surface area contributed by atoms with Crippen LogP contribution in [0.5, 0.6) is 0 Å². The average molecular weight is 253 g/mol. The Morgan fingerprint density at radius 2 is 2.11 bits per heavy atom. The molecule has 0 saturated carbocycles. The molecule has 1 N–H and O–H groups in total. The van der Waals surface area contributed by atoms with Gasteiger partial charge in [0.05, 0.1) is 5.60 Å². The van der Waals surface area contributed by atoms with Crippen LogP contribution in [0.15, 0.2) is 11.6 Å². The molecule has 0 aromatic heterocycles. The lowest BCUT2D eigenvalue weighted by molar-refractivity contribution is 0.00967. The van der Waals surface area contributed by atoms with Crippen molar-refractivity contribution in [2.24, 2.45) is 0 Å². The fourth-order valence-electron chi connectivity index (χ4n) is 2.58. The standard InChI is InChI=1S/C16H31NO/c1-5-12-17-15(13-16(2,3)18-4)14-10-8-6-7-9-11-14/h10,15,17H,5-9,11-13H2,1-4H3. The first-order chi connectivity index (χ1) is 8.59. The quantitative estimate of drug-likeness (QED) is 0.691. The highest BCUT2D eigenvalue weighted by molar-refractivity contribution is 5.13. The number of ether oxygens (including phenoxy) is 1. The summed E-state index contributed by atoms with van der Waals surface area (Å²) in [4.78, 5) is 0. The van der Waals surface area contributed by atoms with Gasteiger partial charge in [0.2, 0.25) is 0 Å². The van der Waals surface area contributed by atoms with Crippen molar-refractivity contribution in [1.29, 1.82) is 0 Å². The van der Waals surface area contributed by atoms with E-state index < -0.39 is 0 Å². The molecule has 0 radical (unpaired) electrons. The van der Waals surface area contributed by atoms with Gasteiger partial charge < -0.3 is 10.1 Å². The fourth-order valence-corrected chi connectivity index (χ4v) is 2.58. The van der Waals surface area contributed by atoms with Gasteiger partial charge in [0.25, 0.3) is 0 Å². The monoisotopic (exact) mass is 253 g/mol. The minimum absolute atomic E-state index is 0.0431. The van der Waals surface area contributed by atoms with Gasteiger partial charge in [-0.25, -0.2) is 0 Å². The van der Waals surface area contributed by atoms with E-state index in [1.54, 1.807) is 5.57 Å². The molecule has 0 fully saturated rings.